The summed E-state index contributed by atoms with van der Waals surface area (Å²) in [6.07, 6.45) is 3.80. The second kappa shape index (κ2) is 4.15. The zero-order chi connectivity index (χ0) is 11.8. The van der Waals surface area contributed by atoms with Crippen LogP contribution in [0, 0.1) is 17.8 Å². The minimum Gasteiger partial charge on any atom is -0.326 e. The second-order valence-electron chi connectivity index (χ2n) is 5.17. The Bertz CT molecular complexity index is 416. The van der Waals surface area contributed by atoms with E-state index in [0.717, 1.165) is 11.3 Å². The number of rotatable bonds is 3. The van der Waals surface area contributed by atoms with E-state index in [1.54, 1.807) is 0 Å². The van der Waals surface area contributed by atoms with Crippen LogP contribution in [0.4, 0.5) is 5.69 Å². The molecule has 90 valence electrons. The van der Waals surface area contributed by atoms with Gasteiger partial charge in [-0.25, -0.2) is 0 Å². The van der Waals surface area contributed by atoms with Crippen LogP contribution in [0.3, 0.4) is 0 Å². The molecule has 1 amide bonds. The molecule has 0 radical (unpaired) electrons. The summed E-state index contributed by atoms with van der Waals surface area (Å²) in [6, 6.07) is 7.78. The largest absolute Gasteiger partial charge is 0.326 e. The molecule has 2 atom stereocenters. The average Bonchev–Trinajstić information content (AvgIpc) is 2.85. The molecule has 17 heavy (non-hydrogen) atoms. The smallest absolute Gasteiger partial charge is 0.228 e. The highest BCUT2D eigenvalue weighted by atomic mass is 16.2. The fourth-order valence-corrected chi connectivity index (χ4v) is 3.16. The number of fused-ring (bicyclic) bond motifs is 1. The molecule has 3 nitrogen and oxygen atoms in total. The predicted molar refractivity (Wildman–Crippen MR) is 67.3 cm³/mol. The summed E-state index contributed by atoms with van der Waals surface area (Å²) in [4.78, 5) is 12.0. The maximum atomic E-state index is 12.0. The summed E-state index contributed by atoms with van der Waals surface area (Å²) in [6.45, 7) is 0.543. The number of anilines is 1. The SMILES string of the molecule is NCc1ccc(NC(=O)C2C3CCCC32)cc1. The molecule has 2 aliphatic rings. The van der Waals surface area contributed by atoms with E-state index in [0.29, 0.717) is 18.4 Å². The van der Waals surface area contributed by atoms with E-state index in [2.05, 4.69) is 5.32 Å². The highest BCUT2D eigenvalue weighted by Crippen LogP contribution is 2.57. The fourth-order valence-electron chi connectivity index (χ4n) is 3.16. The molecule has 0 heterocycles. The first kappa shape index (κ1) is 10.8. The first-order valence-electron chi connectivity index (χ1n) is 6.39. The topological polar surface area (TPSA) is 55.1 Å². The van der Waals surface area contributed by atoms with Crippen molar-refractivity contribution in [3.05, 3.63) is 29.8 Å². The van der Waals surface area contributed by atoms with Crippen molar-refractivity contribution < 1.29 is 4.79 Å². The standard InChI is InChI=1S/C14H18N2O/c15-8-9-4-6-10(7-5-9)16-14(17)13-11-2-1-3-12(11)13/h4-7,11-13H,1-3,8,15H2,(H,16,17). The van der Waals surface area contributed by atoms with Gasteiger partial charge in [-0.3, -0.25) is 4.79 Å². The number of carbonyl (C=O) groups is 1. The van der Waals surface area contributed by atoms with Crippen LogP contribution in [0.5, 0.6) is 0 Å². The Morgan fingerprint density at radius 2 is 1.88 bits per heavy atom. The van der Waals surface area contributed by atoms with E-state index in [1.165, 1.54) is 19.3 Å². The summed E-state index contributed by atoms with van der Waals surface area (Å²) in [5.74, 6) is 1.86. The van der Waals surface area contributed by atoms with Crippen molar-refractivity contribution in [1.82, 2.24) is 0 Å². The number of hydrogen-bond donors (Lipinski definition) is 2. The number of nitrogens with two attached hydrogens (primary N) is 1. The summed E-state index contributed by atoms with van der Waals surface area (Å²) in [7, 11) is 0. The Hall–Kier alpha value is -1.35. The Balaban J connectivity index is 1.61. The van der Waals surface area contributed by atoms with Crippen molar-refractivity contribution in [3.8, 4) is 0 Å². The molecule has 0 spiro atoms. The van der Waals surface area contributed by atoms with Gasteiger partial charge in [-0.2, -0.15) is 0 Å². The third-order valence-corrected chi connectivity index (χ3v) is 4.17. The Morgan fingerprint density at radius 1 is 1.24 bits per heavy atom. The molecule has 3 rings (SSSR count). The molecular formula is C14H18N2O. The van der Waals surface area contributed by atoms with Crippen molar-refractivity contribution in [2.24, 2.45) is 23.5 Å². The summed E-state index contributed by atoms with van der Waals surface area (Å²) < 4.78 is 0. The molecule has 3 heteroatoms. The van der Waals surface area contributed by atoms with Crippen LogP contribution in [-0.4, -0.2) is 5.91 Å². The Kier molecular flexibility index (Phi) is 2.63. The van der Waals surface area contributed by atoms with Crippen LogP contribution in [0.25, 0.3) is 0 Å². The fraction of sp³-hybridized carbons (Fsp3) is 0.500. The summed E-state index contributed by atoms with van der Waals surface area (Å²) >= 11 is 0. The number of benzene rings is 1. The Morgan fingerprint density at radius 3 is 2.47 bits per heavy atom. The van der Waals surface area contributed by atoms with Gasteiger partial charge in [-0.15, -0.1) is 0 Å². The molecule has 0 saturated heterocycles. The van der Waals surface area contributed by atoms with E-state index < -0.39 is 0 Å². The van der Waals surface area contributed by atoms with E-state index in [1.807, 2.05) is 24.3 Å². The lowest BCUT2D eigenvalue weighted by Gasteiger charge is -2.07. The number of carbonyl (C=O) groups excluding carboxylic acids is 1. The van der Waals surface area contributed by atoms with Crippen LogP contribution in [0.1, 0.15) is 24.8 Å². The molecule has 2 aliphatic carbocycles. The zero-order valence-corrected chi connectivity index (χ0v) is 9.86. The van der Waals surface area contributed by atoms with Crippen molar-refractivity contribution in [3.63, 3.8) is 0 Å². The van der Waals surface area contributed by atoms with Gasteiger partial charge in [-0.05, 0) is 42.4 Å². The molecule has 3 N–H and O–H groups in total. The number of amides is 1. The third kappa shape index (κ3) is 1.95. The van der Waals surface area contributed by atoms with Crippen LogP contribution in [0.2, 0.25) is 0 Å². The monoisotopic (exact) mass is 230 g/mol. The molecule has 2 saturated carbocycles. The maximum Gasteiger partial charge on any atom is 0.228 e. The van der Waals surface area contributed by atoms with Crippen molar-refractivity contribution >= 4 is 11.6 Å². The number of hydrogen-bond acceptors (Lipinski definition) is 2. The zero-order valence-electron chi connectivity index (χ0n) is 9.86. The van der Waals surface area contributed by atoms with Gasteiger partial charge in [0.1, 0.15) is 0 Å². The van der Waals surface area contributed by atoms with Gasteiger partial charge in [0.25, 0.3) is 0 Å². The minimum absolute atomic E-state index is 0.209. The molecule has 0 aliphatic heterocycles. The van der Waals surface area contributed by atoms with Crippen LogP contribution < -0.4 is 11.1 Å². The quantitative estimate of drug-likeness (QED) is 0.835. The van der Waals surface area contributed by atoms with Gasteiger partial charge < -0.3 is 11.1 Å². The van der Waals surface area contributed by atoms with E-state index >= 15 is 0 Å². The lowest BCUT2D eigenvalue weighted by Crippen LogP contribution is -2.16. The number of nitrogens with one attached hydrogen (secondary N) is 1. The van der Waals surface area contributed by atoms with Crippen molar-refractivity contribution in [2.75, 3.05) is 5.32 Å². The first-order chi connectivity index (χ1) is 8.29. The van der Waals surface area contributed by atoms with Gasteiger partial charge in [0.05, 0.1) is 0 Å². The highest BCUT2D eigenvalue weighted by Gasteiger charge is 2.56. The van der Waals surface area contributed by atoms with Crippen molar-refractivity contribution in [2.45, 2.75) is 25.8 Å². The van der Waals surface area contributed by atoms with E-state index in [4.69, 9.17) is 5.73 Å². The third-order valence-electron chi connectivity index (χ3n) is 4.17. The average molecular weight is 230 g/mol. The van der Waals surface area contributed by atoms with Crippen LogP contribution in [0.15, 0.2) is 24.3 Å². The van der Waals surface area contributed by atoms with Gasteiger partial charge in [-0.1, -0.05) is 18.6 Å². The maximum absolute atomic E-state index is 12.0. The van der Waals surface area contributed by atoms with Crippen LogP contribution >= 0.6 is 0 Å². The second-order valence-corrected chi connectivity index (χ2v) is 5.17. The molecule has 0 bridgehead atoms. The van der Waals surface area contributed by atoms with E-state index in [-0.39, 0.29) is 11.8 Å². The van der Waals surface area contributed by atoms with E-state index in [9.17, 15) is 4.79 Å². The minimum atomic E-state index is 0.209. The van der Waals surface area contributed by atoms with Gasteiger partial charge in [0.2, 0.25) is 5.91 Å². The van der Waals surface area contributed by atoms with Gasteiger partial charge >= 0.3 is 0 Å². The first-order valence-corrected chi connectivity index (χ1v) is 6.39. The Labute approximate surface area is 101 Å². The molecule has 0 aromatic heterocycles. The molecule has 1 aromatic carbocycles. The molecular weight excluding hydrogens is 212 g/mol. The molecule has 2 unspecified atom stereocenters. The molecule has 1 aromatic rings. The van der Waals surface area contributed by atoms with Crippen molar-refractivity contribution in [1.29, 1.82) is 0 Å². The lowest BCUT2D eigenvalue weighted by molar-refractivity contribution is -0.118. The molecule has 2 fully saturated rings. The van der Waals surface area contributed by atoms with Gasteiger partial charge in [0.15, 0.2) is 0 Å². The summed E-state index contributed by atoms with van der Waals surface area (Å²) in [5, 5.41) is 3.00. The summed E-state index contributed by atoms with van der Waals surface area (Å²) in [5.41, 5.74) is 7.51. The predicted octanol–water partition coefficient (Wildman–Crippen LogP) is 2.13. The lowest BCUT2D eigenvalue weighted by atomic mass is 10.1. The van der Waals surface area contributed by atoms with Gasteiger partial charge in [0, 0.05) is 18.2 Å². The normalized spacial score (nSPS) is 29.8. The highest BCUT2D eigenvalue weighted by molar-refractivity contribution is 5.95. The van der Waals surface area contributed by atoms with Crippen LogP contribution in [-0.2, 0) is 11.3 Å².